The number of guanidine groups is 1. The first-order valence-corrected chi connectivity index (χ1v) is 9.31. The first-order chi connectivity index (χ1) is 12.1. The topological polar surface area (TPSA) is 54.9 Å². The van der Waals surface area contributed by atoms with Gasteiger partial charge in [-0.3, -0.25) is 0 Å². The van der Waals surface area contributed by atoms with Crippen molar-refractivity contribution in [2.45, 2.75) is 53.4 Å². The zero-order valence-electron chi connectivity index (χ0n) is 16.5. The van der Waals surface area contributed by atoms with E-state index in [9.17, 15) is 0 Å². The summed E-state index contributed by atoms with van der Waals surface area (Å²) in [6.07, 6.45) is 1.26. The molecule has 0 aliphatic heterocycles. The normalized spacial score (nSPS) is 13.1. The second-order valence-electron chi connectivity index (χ2n) is 6.40. The van der Waals surface area contributed by atoms with Gasteiger partial charge in [0.25, 0.3) is 0 Å². The van der Waals surface area contributed by atoms with Crippen LogP contribution in [0.25, 0.3) is 0 Å². The Morgan fingerprint density at radius 1 is 1.08 bits per heavy atom. The van der Waals surface area contributed by atoms with Gasteiger partial charge in [0, 0.05) is 26.8 Å². The zero-order chi connectivity index (χ0) is 18.5. The summed E-state index contributed by atoms with van der Waals surface area (Å²) in [5.41, 5.74) is 2.36. The van der Waals surface area contributed by atoms with Gasteiger partial charge in [0.15, 0.2) is 5.96 Å². The molecule has 2 N–H and O–H groups in total. The quantitative estimate of drug-likeness (QED) is 0.475. The molecule has 0 spiro atoms. The van der Waals surface area contributed by atoms with Crippen molar-refractivity contribution in [3.8, 4) is 0 Å². The first-order valence-electron chi connectivity index (χ1n) is 9.31. The van der Waals surface area contributed by atoms with Crippen molar-refractivity contribution >= 4 is 5.96 Å². The van der Waals surface area contributed by atoms with Crippen molar-refractivity contribution in [3.05, 3.63) is 35.4 Å². The first kappa shape index (κ1) is 21.5. The van der Waals surface area contributed by atoms with Crippen LogP contribution in [0, 0.1) is 5.92 Å². The lowest BCUT2D eigenvalue weighted by Crippen LogP contribution is -2.39. The van der Waals surface area contributed by atoms with E-state index in [1.807, 2.05) is 6.92 Å². The number of methoxy groups -OCH3 is 1. The van der Waals surface area contributed by atoms with Crippen molar-refractivity contribution in [1.29, 1.82) is 0 Å². The molecule has 1 atom stereocenters. The highest BCUT2D eigenvalue weighted by Crippen LogP contribution is 2.10. The predicted octanol–water partition coefficient (Wildman–Crippen LogP) is 3.34. The fourth-order valence-corrected chi connectivity index (χ4v) is 2.58. The number of nitrogens with one attached hydrogen (secondary N) is 2. The molecule has 1 unspecified atom stereocenters. The molecule has 0 aliphatic carbocycles. The van der Waals surface area contributed by atoms with Gasteiger partial charge < -0.3 is 20.1 Å². The minimum Gasteiger partial charge on any atom is -0.380 e. The summed E-state index contributed by atoms with van der Waals surface area (Å²) < 4.78 is 10.9. The van der Waals surface area contributed by atoms with Crippen molar-refractivity contribution in [2.75, 3.05) is 26.8 Å². The molecule has 0 amide bonds. The molecule has 1 aromatic carbocycles. The van der Waals surface area contributed by atoms with Gasteiger partial charge in [-0.25, -0.2) is 4.99 Å². The van der Waals surface area contributed by atoms with Crippen LogP contribution in [-0.4, -0.2) is 38.9 Å². The van der Waals surface area contributed by atoms with Gasteiger partial charge in [-0.15, -0.1) is 0 Å². The lowest BCUT2D eigenvalue weighted by atomic mass is 10.0. The van der Waals surface area contributed by atoms with Crippen LogP contribution in [0.4, 0.5) is 0 Å². The minimum atomic E-state index is 0.286. The van der Waals surface area contributed by atoms with E-state index in [4.69, 9.17) is 9.47 Å². The zero-order valence-corrected chi connectivity index (χ0v) is 16.5. The Labute approximate surface area is 153 Å². The lowest BCUT2D eigenvalue weighted by molar-refractivity contribution is 0.0258. The van der Waals surface area contributed by atoms with E-state index in [0.29, 0.717) is 19.1 Å². The second-order valence-corrected chi connectivity index (χ2v) is 6.40. The highest BCUT2D eigenvalue weighted by molar-refractivity contribution is 5.79. The third-order valence-corrected chi connectivity index (χ3v) is 3.94. The molecule has 25 heavy (non-hydrogen) atoms. The molecular formula is C20H35N3O2. The highest BCUT2D eigenvalue weighted by atomic mass is 16.5. The van der Waals surface area contributed by atoms with Gasteiger partial charge in [-0.05, 0) is 37.3 Å². The summed E-state index contributed by atoms with van der Waals surface area (Å²) in [4.78, 5) is 4.67. The van der Waals surface area contributed by atoms with Gasteiger partial charge >= 0.3 is 0 Å². The summed E-state index contributed by atoms with van der Waals surface area (Å²) in [6.45, 7) is 12.3. The van der Waals surface area contributed by atoms with Crippen molar-refractivity contribution < 1.29 is 9.47 Å². The SMILES string of the molecule is CCNC(=NCc1ccc(COC)cc1)NCCC(OCC)C(C)C. The number of hydrogen-bond donors (Lipinski definition) is 2. The molecule has 0 fully saturated rings. The van der Waals surface area contributed by atoms with E-state index >= 15 is 0 Å². The number of hydrogen-bond acceptors (Lipinski definition) is 3. The molecule has 0 heterocycles. The minimum absolute atomic E-state index is 0.286. The van der Waals surface area contributed by atoms with E-state index in [2.05, 4.69) is 60.7 Å². The molecule has 1 rings (SSSR count). The van der Waals surface area contributed by atoms with Gasteiger partial charge in [-0.2, -0.15) is 0 Å². The van der Waals surface area contributed by atoms with Crippen LogP contribution < -0.4 is 10.6 Å². The average molecular weight is 350 g/mol. The van der Waals surface area contributed by atoms with Crippen LogP contribution in [-0.2, 0) is 22.6 Å². The predicted molar refractivity (Wildman–Crippen MR) is 105 cm³/mol. The molecule has 0 saturated carbocycles. The third kappa shape index (κ3) is 8.89. The standard InChI is InChI=1S/C20H35N3O2/c1-6-21-20(22-13-12-19(16(3)4)25-7-2)23-14-17-8-10-18(11-9-17)15-24-5/h8-11,16,19H,6-7,12-15H2,1-5H3,(H2,21,22,23). The Kier molecular flexibility index (Phi) is 10.9. The Morgan fingerprint density at radius 3 is 2.32 bits per heavy atom. The number of nitrogens with zero attached hydrogens (tertiary/aromatic N) is 1. The monoisotopic (exact) mass is 349 g/mol. The second kappa shape index (κ2) is 12.7. The average Bonchev–Trinajstić information content (AvgIpc) is 2.60. The number of ether oxygens (including phenoxy) is 2. The maximum absolute atomic E-state index is 5.80. The molecule has 142 valence electrons. The fourth-order valence-electron chi connectivity index (χ4n) is 2.58. The van der Waals surface area contributed by atoms with Gasteiger partial charge in [0.1, 0.15) is 0 Å². The molecule has 5 nitrogen and oxygen atoms in total. The van der Waals surface area contributed by atoms with Crippen LogP contribution in [0.15, 0.2) is 29.3 Å². The third-order valence-electron chi connectivity index (χ3n) is 3.94. The fraction of sp³-hybridized carbons (Fsp3) is 0.650. The van der Waals surface area contributed by atoms with E-state index in [-0.39, 0.29) is 6.10 Å². The van der Waals surface area contributed by atoms with Crippen LogP contribution >= 0.6 is 0 Å². The summed E-state index contributed by atoms with van der Waals surface area (Å²) in [5.74, 6) is 1.37. The molecule has 5 heteroatoms. The Hall–Kier alpha value is -1.59. The molecule has 0 bridgehead atoms. The molecule has 0 aliphatic rings. The van der Waals surface area contributed by atoms with Crippen molar-refractivity contribution in [1.82, 2.24) is 10.6 Å². The molecular weight excluding hydrogens is 314 g/mol. The maximum Gasteiger partial charge on any atom is 0.191 e. The summed E-state index contributed by atoms with van der Waals surface area (Å²) in [7, 11) is 1.71. The number of rotatable bonds is 11. The van der Waals surface area contributed by atoms with Crippen LogP contribution in [0.5, 0.6) is 0 Å². The van der Waals surface area contributed by atoms with Gasteiger partial charge in [-0.1, -0.05) is 38.1 Å². The Bertz CT molecular complexity index is 486. The lowest BCUT2D eigenvalue weighted by Gasteiger charge is -2.21. The molecule has 0 saturated heterocycles. The summed E-state index contributed by atoms with van der Waals surface area (Å²) in [6, 6.07) is 8.38. The maximum atomic E-state index is 5.80. The van der Waals surface area contributed by atoms with E-state index in [0.717, 1.165) is 32.1 Å². The summed E-state index contributed by atoms with van der Waals surface area (Å²) >= 11 is 0. The van der Waals surface area contributed by atoms with Crippen molar-refractivity contribution in [3.63, 3.8) is 0 Å². The number of aliphatic imine (C=N–C) groups is 1. The molecule has 1 aromatic rings. The number of benzene rings is 1. The Balaban J connectivity index is 2.52. The van der Waals surface area contributed by atoms with Crippen molar-refractivity contribution in [2.24, 2.45) is 10.9 Å². The van der Waals surface area contributed by atoms with E-state index in [1.54, 1.807) is 7.11 Å². The van der Waals surface area contributed by atoms with Gasteiger partial charge in [0.2, 0.25) is 0 Å². The molecule has 0 aromatic heterocycles. The van der Waals surface area contributed by atoms with Crippen LogP contribution in [0.3, 0.4) is 0 Å². The molecule has 0 radical (unpaired) electrons. The Morgan fingerprint density at radius 2 is 1.76 bits per heavy atom. The highest BCUT2D eigenvalue weighted by Gasteiger charge is 2.12. The van der Waals surface area contributed by atoms with Crippen LogP contribution in [0.1, 0.15) is 45.2 Å². The largest absolute Gasteiger partial charge is 0.380 e. The van der Waals surface area contributed by atoms with Crippen LogP contribution in [0.2, 0.25) is 0 Å². The van der Waals surface area contributed by atoms with E-state index < -0.39 is 0 Å². The summed E-state index contributed by atoms with van der Waals surface area (Å²) in [5, 5.41) is 6.70. The van der Waals surface area contributed by atoms with E-state index in [1.165, 1.54) is 11.1 Å². The smallest absolute Gasteiger partial charge is 0.191 e. The van der Waals surface area contributed by atoms with Gasteiger partial charge in [0.05, 0.1) is 19.3 Å².